The normalized spacial score (nSPS) is 10.1. The van der Waals surface area contributed by atoms with Crippen LogP contribution in [0.1, 0.15) is 25.2 Å². The highest BCUT2D eigenvalue weighted by Gasteiger charge is 2.09. The molecule has 0 aliphatic rings. The van der Waals surface area contributed by atoms with Gasteiger partial charge in [-0.2, -0.15) is 9.47 Å². The molecule has 0 unspecified atom stereocenters. The van der Waals surface area contributed by atoms with Crippen molar-refractivity contribution < 1.29 is 0 Å². The summed E-state index contributed by atoms with van der Waals surface area (Å²) in [5.74, 6) is 0.736. The second-order valence-electron chi connectivity index (χ2n) is 6.16. The van der Waals surface area contributed by atoms with Crippen LogP contribution >= 0.6 is 11.5 Å². The molecular weight excluding hydrogens is 360 g/mol. The molecule has 0 atom stereocenters. The van der Waals surface area contributed by atoms with Crippen molar-refractivity contribution in [3.8, 4) is 0 Å². The molecule has 0 spiro atoms. The number of hydrogen-bond donors (Lipinski definition) is 2. The molecule has 0 radical (unpaired) electrons. The molecule has 0 saturated heterocycles. The molecule has 3 aromatic rings. The van der Waals surface area contributed by atoms with Gasteiger partial charge in [0.15, 0.2) is 11.5 Å². The molecule has 0 saturated carbocycles. The number of aromatic nitrogens is 4. The van der Waals surface area contributed by atoms with Crippen LogP contribution in [-0.2, 0) is 6.42 Å². The summed E-state index contributed by atoms with van der Waals surface area (Å²) in [6.07, 6.45) is 8.27. The maximum Gasteiger partial charge on any atom is 0.180 e. The number of aryl methyl sites for hydroxylation is 1. The first-order chi connectivity index (χ1) is 12.9. The van der Waals surface area contributed by atoms with Crippen molar-refractivity contribution in [3.63, 3.8) is 0 Å². The van der Waals surface area contributed by atoms with E-state index in [0.29, 0.717) is 6.54 Å². The molecule has 3 N–H and O–H groups in total. The fourth-order valence-electron chi connectivity index (χ4n) is 2.29. The Bertz CT molecular complexity index is 907. The highest BCUT2D eigenvalue weighted by Crippen LogP contribution is 2.23. The molecule has 9 heteroatoms. The number of fused-ring (bicyclic) bond motifs is 1. The van der Waals surface area contributed by atoms with Crippen LogP contribution in [-0.4, -0.2) is 44.1 Å². The molecule has 3 aromatic heterocycles. The van der Waals surface area contributed by atoms with E-state index in [-0.39, 0.29) is 0 Å². The number of nitrogens with zero attached hydrogens (tertiary/aromatic N) is 6. The van der Waals surface area contributed by atoms with E-state index in [2.05, 4.69) is 31.5 Å². The van der Waals surface area contributed by atoms with Crippen LogP contribution in [0.2, 0.25) is 0 Å². The fourth-order valence-corrected chi connectivity index (χ4v) is 2.95. The summed E-state index contributed by atoms with van der Waals surface area (Å²) in [6, 6.07) is 1.99. The number of nitrogens with one attached hydrogen (secondary N) is 1. The Morgan fingerprint density at radius 3 is 2.81 bits per heavy atom. The number of allylic oxidation sites excluding steroid dienone is 1. The van der Waals surface area contributed by atoms with Gasteiger partial charge < -0.3 is 15.5 Å². The lowest BCUT2D eigenvalue weighted by Crippen LogP contribution is -2.07. The van der Waals surface area contributed by atoms with E-state index in [9.17, 15) is 0 Å². The van der Waals surface area contributed by atoms with Gasteiger partial charge in [-0.05, 0) is 44.9 Å². The second-order valence-corrected chi connectivity index (χ2v) is 6.96. The van der Waals surface area contributed by atoms with Gasteiger partial charge >= 0.3 is 0 Å². The molecule has 0 amide bonds. The lowest BCUT2D eigenvalue weighted by molar-refractivity contribution is 0.491. The average molecular weight is 387 g/mol. The van der Waals surface area contributed by atoms with Crippen LogP contribution in [0.4, 0.5) is 10.8 Å². The first kappa shape index (κ1) is 20.5. The Balaban J connectivity index is 0.000000279. The summed E-state index contributed by atoms with van der Waals surface area (Å²) in [7, 11) is 1.85. The van der Waals surface area contributed by atoms with E-state index in [0.717, 1.165) is 34.3 Å². The van der Waals surface area contributed by atoms with Gasteiger partial charge in [0.1, 0.15) is 5.00 Å². The smallest absolute Gasteiger partial charge is 0.180 e. The quantitative estimate of drug-likeness (QED) is 0.499. The third kappa shape index (κ3) is 6.15. The third-order valence-corrected chi connectivity index (χ3v) is 4.16. The van der Waals surface area contributed by atoms with Gasteiger partial charge in [-0.3, -0.25) is 5.01 Å². The highest BCUT2D eigenvalue weighted by molar-refractivity contribution is 7.10. The SMILES string of the molecule is C=NN(C)C=C(C)C.Cc1cc(Nc2nc(CCN)cn3ccnc23)sn1. The average Bonchev–Trinajstić information content (AvgIpc) is 3.24. The highest BCUT2D eigenvalue weighted by atomic mass is 32.1. The molecule has 0 aliphatic heterocycles. The van der Waals surface area contributed by atoms with Crippen molar-refractivity contribution in [2.45, 2.75) is 27.2 Å². The summed E-state index contributed by atoms with van der Waals surface area (Å²) in [5.41, 5.74) is 9.54. The van der Waals surface area contributed by atoms with Gasteiger partial charge in [0, 0.05) is 45.0 Å². The lowest BCUT2D eigenvalue weighted by Gasteiger charge is -2.07. The topological polar surface area (TPSA) is 96.7 Å². The van der Waals surface area contributed by atoms with Crippen molar-refractivity contribution in [1.29, 1.82) is 0 Å². The van der Waals surface area contributed by atoms with Crippen molar-refractivity contribution in [2.75, 3.05) is 18.9 Å². The molecule has 144 valence electrons. The van der Waals surface area contributed by atoms with Crippen LogP contribution in [0.5, 0.6) is 0 Å². The van der Waals surface area contributed by atoms with Crippen LogP contribution < -0.4 is 11.1 Å². The molecule has 0 fully saturated rings. The maximum atomic E-state index is 5.59. The zero-order valence-corrected chi connectivity index (χ0v) is 17.0. The zero-order valence-electron chi connectivity index (χ0n) is 16.2. The minimum atomic E-state index is 0.576. The number of anilines is 2. The summed E-state index contributed by atoms with van der Waals surface area (Å²) in [4.78, 5) is 8.89. The lowest BCUT2D eigenvalue weighted by atomic mass is 10.3. The predicted molar refractivity (Wildman–Crippen MR) is 113 cm³/mol. The number of nitrogens with two attached hydrogens (primary N) is 1. The molecule has 8 nitrogen and oxygen atoms in total. The summed E-state index contributed by atoms with van der Waals surface area (Å²) >= 11 is 1.41. The summed E-state index contributed by atoms with van der Waals surface area (Å²) in [6.45, 7) is 9.92. The summed E-state index contributed by atoms with van der Waals surface area (Å²) in [5, 5.41) is 9.54. The minimum Gasteiger partial charge on any atom is -0.330 e. The number of hydrazone groups is 1. The molecule has 0 bridgehead atoms. The van der Waals surface area contributed by atoms with Gasteiger partial charge in [-0.25, -0.2) is 9.97 Å². The fraction of sp³-hybridized carbons (Fsp3) is 0.333. The Kier molecular flexibility index (Phi) is 7.44. The predicted octanol–water partition coefficient (Wildman–Crippen LogP) is 3.20. The van der Waals surface area contributed by atoms with Gasteiger partial charge in [0.05, 0.1) is 11.4 Å². The van der Waals surface area contributed by atoms with E-state index in [1.807, 2.05) is 56.9 Å². The van der Waals surface area contributed by atoms with Crippen molar-refractivity contribution in [1.82, 2.24) is 23.8 Å². The van der Waals surface area contributed by atoms with E-state index in [1.165, 1.54) is 17.1 Å². The van der Waals surface area contributed by atoms with Gasteiger partial charge in [-0.15, -0.1) is 0 Å². The van der Waals surface area contributed by atoms with E-state index >= 15 is 0 Å². The Morgan fingerprint density at radius 1 is 1.48 bits per heavy atom. The standard InChI is InChI=1S/C12H14N6S.C6H12N2/c1-8-6-10(19-17-8)16-11-12-14-4-5-18(12)7-9(15-11)2-3-13;1-6(2)5-8(4)7-3/h4-7H,2-3,13H2,1H3,(H,15,16);5H,3H2,1-2,4H3. The molecule has 3 rings (SSSR count). The molecule has 27 heavy (non-hydrogen) atoms. The van der Waals surface area contributed by atoms with Crippen molar-refractivity contribution in [3.05, 3.63) is 47.8 Å². The molecule has 0 aromatic carbocycles. The van der Waals surface area contributed by atoms with Crippen LogP contribution in [0.3, 0.4) is 0 Å². The van der Waals surface area contributed by atoms with Crippen molar-refractivity contribution >= 4 is 34.7 Å². The van der Waals surface area contributed by atoms with Gasteiger partial charge in [-0.1, -0.05) is 5.57 Å². The number of rotatable bonds is 6. The van der Waals surface area contributed by atoms with Gasteiger partial charge in [0.2, 0.25) is 0 Å². The van der Waals surface area contributed by atoms with Crippen molar-refractivity contribution in [2.24, 2.45) is 10.8 Å². The first-order valence-corrected chi connectivity index (χ1v) is 9.27. The van der Waals surface area contributed by atoms with Gasteiger partial charge in [0.25, 0.3) is 0 Å². The Morgan fingerprint density at radius 2 is 2.26 bits per heavy atom. The first-order valence-electron chi connectivity index (χ1n) is 8.50. The molecular formula is C18H26N8S. The Labute approximate surface area is 163 Å². The Hall–Kier alpha value is -2.78. The molecule has 0 aliphatic carbocycles. The largest absolute Gasteiger partial charge is 0.330 e. The molecule has 3 heterocycles. The second kappa shape index (κ2) is 9.79. The van der Waals surface area contributed by atoms with Crippen LogP contribution in [0.15, 0.2) is 41.5 Å². The summed E-state index contributed by atoms with van der Waals surface area (Å²) < 4.78 is 6.20. The number of imidazole rings is 1. The van der Waals surface area contributed by atoms with Crippen LogP contribution in [0, 0.1) is 6.92 Å². The maximum absolute atomic E-state index is 5.59. The van der Waals surface area contributed by atoms with E-state index in [4.69, 9.17) is 5.73 Å². The number of hydrogen-bond acceptors (Lipinski definition) is 8. The third-order valence-electron chi connectivity index (χ3n) is 3.36. The minimum absolute atomic E-state index is 0.576. The van der Waals surface area contributed by atoms with Crippen LogP contribution in [0.25, 0.3) is 5.65 Å². The zero-order chi connectivity index (χ0) is 19.8. The monoisotopic (exact) mass is 386 g/mol. The van der Waals surface area contributed by atoms with E-state index < -0.39 is 0 Å². The van der Waals surface area contributed by atoms with E-state index in [1.54, 1.807) is 11.2 Å².